The lowest BCUT2D eigenvalue weighted by Gasteiger charge is -2.09. The molecule has 2 N–H and O–H groups in total. The predicted octanol–water partition coefficient (Wildman–Crippen LogP) is 2.04. The molecule has 8 nitrogen and oxygen atoms in total. The van der Waals surface area contributed by atoms with Crippen molar-refractivity contribution >= 4 is 21.4 Å². The molecule has 0 amide bonds. The fraction of sp³-hybridized carbons (Fsp3) is 0.250. The summed E-state index contributed by atoms with van der Waals surface area (Å²) >= 11 is 0. The van der Waals surface area contributed by atoms with Crippen LogP contribution in [-0.2, 0) is 10.0 Å². The first-order chi connectivity index (χ1) is 9.70. The number of aromatic nitrogens is 2. The average molecular weight is 310 g/mol. The number of aryl methyl sites for hydroxylation is 3. The minimum Gasteiger partial charge on any atom is -0.332 e. The van der Waals surface area contributed by atoms with E-state index in [0.717, 1.165) is 11.8 Å². The zero-order chi connectivity index (χ0) is 15.8. The van der Waals surface area contributed by atoms with Crippen molar-refractivity contribution < 1.29 is 13.3 Å². The van der Waals surface area contributed by atoms with Crippen molar-refractivity contribution in [1.29, 1.82) is 0 Å². The third kappa shape index (κ3) is 3.02. The number of anilines is 1. The molecule has 0 aliphatic rings. The minimum absolute atomic E-state index is 0.0737. The zero-order valence-electron chi connectivity index (χ0n) is 11.7. The molecule has 0 atom stereocenters. The number of nitrogens with zero attached hydrogens (tertiary/aromatic N) is 2. The second-order valence-corrected chi connectivity index (χ2v) is 6.30. The first-order valence-corrected chi connectivity index (χ1v) is 7.49. The van der Waals surface area contributed by atoms with Gasteiger partial charge in [0.15, 0.2) is 5.03 Å². The fourth-order valence-corrected chi connectivity index (χ4v) is 2.80. The van der Waals surface area contributed by atoms with Crippen LogP contribution in [0.5, 0.6) is 0 Å². The van der Waals surface area contributed by atoms with Crippen molar-refractivity contribution in [1.82, 2.24) is 9.97 Å². The Morgan fingerprint density at radius 2 is 1.86 bits per heavy atom. The summed E-state index contributed by atoms with van der Waals surface area (Å²) in [5, 5.41) is 10.9. The highest BCUT2D eigenvalue weighted by atomic mass is 32.2. The summed E-state index contributed by atoms with van der Waals surface area (Å²) < 4.78 is 26.6. The summed E-state index contributed by atoms with van der Waals surface area (Å²) in [6.45, 7) is 5.08. The van der Waals surface area contributed by atoms with Crippen molar-refractivity contribution in [3.8, 4) is 0 Å². The topological polar surface area (TPSA) is 118 Å². The number of nitro benzene ring substituents is 1. The molecule has 1 heterocycles. The molecule has 0 saturated heterocycles. The number of nitrogens with one attached hydrogen (secondary N) is 2. The lowest BCUT2D eigenvalue weighted by atomic mass is 10.1. The smallest absolute Gasteiger partial charge is 0.293 e. The monoisotopic (exact) mass is 310 g/mol. The number of sulfonamides is 1. The maximum atomic E-state index is 12.2. The summed E-state index contributed by atoms with van der Waals surface area (Å²) in [5.74, 6) is 0.435. The molecule has 1 aromatic carbocycles. The molecule has 2 rings (SSSR count). The maximum absolute atomic E-state index is 12.2. The van der Waals surface area contributed by atoms with Gasteiger partial charge in [-0.25, -0.2) is 4.98 Å². The van der Waals surface area contributed by atoms with Gasteiger partial charge in [-0.2, -0.15) is 8.42 Å². The Morgan fingerprint density at radius 1 is 1.24 bits per heavy atom. The van der Waals surface area contributed by atoms with Gasteiger partial charge in [0.2, 0.25) is 0 Å². The molecule has 21 heavy (non-hydrogen) atoms. The predicted molar refractivity (Wildman–Crippen MR) is 76.7 cm³/mol. The van der Waals surface area contributed by atoms with Crippen LogP contribution in [0.15, 0.2) is 23.4 Å². The van der Waals surface area contributed by atoms with E-state index >= 15 is 0 Å². The van der Waals surface area contributed by atoms with E-state index in [1.165, 1.54) is 12.1 Å². The van der Waals surface area contributed by atoms with Crippen LogP contribution in [0.2, 0.25) is 0 Å². The fourth-order valence-electron chi connectivity index (χ4n) is 1.77. The Bertz CT molecular complexity index is 811. The molecule has 0 unspecified atom stereocenters. The minimum atomic E-state index is -3.95. The highest BCUT2D eigenvalue weighted by Crippen LogP contribution is 2.29. The van der Waals surface area contributed by atoms with Crippen LogP contribution in [0.3, 0.4) is 0 Å². The molecule has 112 valence electrons. The number of H-pyrrole nitrogens is 1. The van der Waals surface area contributed by atoms with Crippen molar-refractivity contribution in [2.24, 2.45) is 0 Å². The van der Waals surface area contributed by atoms with Gasteiger partial charge in [-0.1, -0.05) is 0 Å². The van der Waals surface area contributed by atoms with E-state index in [2.05, 4.69) is 14.7 Å². The van der Waals surface area contributed by atoms with Crippen LogP contribution >= 0.6 is 0 Å². The van der Waals surface area contributed by atoms with Crippen LogP contribution in [0.25, 0.3) is 0 Å². The molecule has 0 radical (unpaired) electrons. The van der Waals surface area contributed by atoms with Crippen molar-refractivity contribution in [3.63, 3.8) is 0 Å². The highest BCUT2D eigenvalue weighted by Gasteiger charge is 2.23. The number of rotatable bonds is 4. The molecule has 0 spiro atoms. The van der Waals surface area contributed by atoms with Crippen LogP contribution in [0.4, 0.5) is 11.4 Å². The first kappa shape index (κ1) is 15.0. The van der Waals surface area contributed by atoms with Crippen LogP contribution in [0.1, 0.15) is 17.0 Å². The lowest BCUT2D eigenvalue weighted by Crippen LogP contribution is -2.15. The molecule has 0 aliphatic carbocycles. The molecule has 0 fully saturated rings. The van der Waals surface area contributed by atoms with E-state index in [1.807, 2.05) is 0 Å². The summed E-state index contributed by atoms with van der Waals surface area (Å²) in [4.78, 5) is 16.8. The number of aromatic amines is 1. The number of imidazole rings is 1. The second kappa shape index (κ2) is 5.17. The third-order valence-electron chi connectivity index (χ3n) is 3.02. The molecule has 1 aromatic heterocycles. The van der Waals surface area contributed by atoms with E-state index in [4.69, 9.17) is 0 Å². The van der Waals surface area contributed by atoms with Gasteiger partial charge in [-0.3, -0.25) is 14.8 Å². The molecule has 0 saturated carbocycles. The van der Waals surface area contributed by atoms with E-state index < -0.39 is 14.9 Å². The molecule has 9 heteroatoms. The Balaban J connectivity index is 2.48. The van der Waals surface area contributed by atoms with Gasteiger partial charge in [0.25, 0.3) is 15.7 Å². The summed E-state index contributed by atoms with van der Waals surface area (Å²) in [7, 11) is -3.95. The van der Waals surface area contributed by atoms with Gasteiger partial charge >= 0.3 is 0 Å². The van der Waals surface area contributed by atoms with Crippen LogP contribution in [-0.4, -0.2) is 23.3 Å². The number of hydrogen-bond acceptors (Lipinski definition) is 5. The van der Waals surface area contributed by atoms with E-state index in [-0.39, 0.29) is 16.4 Å². The molecule has 2 aromatic rings. The van der Waals surface area contributed by atoms with Crippen molar-refractivity contribution in [2.75, 3.05) is 4.72 Å². The van der Waals surface area contributed by atoms with E-state index in [9.17, 15) is 18.5 Å². The lowest BCUT2D eigenvalue weighted by molar-refractivity contribution is -0.383. The SMILES string of the molecule is Cc1ncc(S(=O)(=O)Nc2cc(C)c(C)cc2[N+](=O)[O-])[nH]1. The molecule has 0 aliphatic heterocycles. The highest BCUT2D eigenvalue weighted by molar-refractivity contribution is 7.92. The summed E-state index contributed by atoms with van der Waals surface area (Å²) in [6, 6.07) is 2.78. The van der Waals surface area contributed by atoms with E-state index in [1.54, 1.807) is 20.8 Å². The van der Waals surface area contributed by atoms with Gasteiger partial charge in [-0.15, -0.1) is 0 Å². The second-order valence-electron chi connectivity index (χ2n) is 4.65. The third-order valence-corrected chi connectivity index (χ3v) is 4.30. The number of hydrogen-bond donors (Lipinski definition) is 2. The molecular weight excluding hydrogens is 296 g/mol. The Kier molecular flexibility index (Phi) is 3.69. The Morgan fingerprint density at radius 3 is 2.38 bits per heavy atom. The van der Waals surface area contributed by atoms with Crippen LogP contribution < -0.4 is 4.72 Å². The number of nitro groups is 1. The Hall–Kier alpha value is -2.42. The van der Waals surface area contributed by atoms with Crippen LogP contribution in [0, 0.1) is 30.9 Å². The summed E-state index contributed by atoms with van der Waals surface area (Å²) in [6.07, 6.45) is 1.16. The largest absolute Gasteiger partial charge is 0.332 e. The normalized spacial score (nSPS) is 11.4. The standard InChI is InChI=1S/C12H14N4O4S/c1-7-4-10(11(16(17)18)5-8(7)2)15-21(19,20)12-6-13-9(3)14-12/h4-6,15H,1-3H3,(H,13,14). The Labute approximate surface area is 121 Å². The first-order valence-electron chi connectivity index (χ1n) is 6.01. The quantitative estimate of drug-likeness (QED) is 0.661. The van der Waals surface area contributed by atoms with Gasteiger partial charge in [0.05, 0.1) is 11.1 Å². The van der Waals surface area contributed by atoms with Crippen molar-refractivity contribution in [2.45, 2.75) is 25.8 Å². The molecule has 0 bridgehead atoms. The maximum Gasteiger partial charge on any atom is 0.293 e. The van der Waals surface area contributed by atoms with Crippen molar-refractivity contribution in [3.05, 3.63) is 45.4 Å². The van der Waals surface area contributed by atoms with Gasteiger partial charge < -0.3 is 4.98 Å². The van der Waals surface area contributed by atoms with Gasteiger partial charge in [-0.05, 0) is 38.0 Å². The van der Waals surface area contributed by atoms with Gasteiger partial charge in [0.1, 0.15) is 11.5 Å². The van der Waals surface area contributed by atoms with Gasteiger partial charge in [0, 0.05) is 6.07 Å². The average Bonchev–Trinajstić information content (AvgIpc) is 2.80. The molecular formula is C12H14N4O4S. The summed E-state index contributed by atoms with van der Waals surface area (Å²) in [5.41, 5.74) is 1.09. The zero-order valence-corrected chi connectivity index (χ0v) is 12.5. The van der Waals surface area contributed by atoms with E-state index in [0.29, 0.717) is 11.4 Å². The number of benzene rings is 1.